The smallest absolute Gasteiger partial charge is 0.276 e. The van der Waals surface area contributed by atoms with Gasteiger partial charge in [-0.1, -0.05) is 35.5 Å². The van der Waals surface area contributed by atoms with Gasteiger partial charge in [-0.2, -0.15) is 0 Å². The number of β-amino-alcohol motifs (C(OH)–C–C–N with tert-alkyl or cyclic N) is 1. The first-order chi connectivity index (χ1) is 12.6. The Morgan fingerprint density at radius 1 is 1.23 bits per heavy atom. The summed E-state index contributed by atoms with van der Waals surface area (Å²) < 4.78 is 11.4. The molecule has 0 unspecified atom stereocenters. The number of carbonyl (C=O) groups excluding carboxylic acids is 1. The van der Waals surface area contributed by atoms with Crippen LogP contribution in [0.3, 0.4) is 0 Å². The summed E-state index contributed by atoms with van der Waals surface area (Å²) in [4.78, 5) is 14.4. The van der Waals surface area contributed by atoms with Gasteiger partial charge in [0.1, 0.15) is 17.5 Å². The number of aromatic nitrogens is 1. The standard InChI is InChI=1S/C20H22N2O4/c23-18-10-22(19(24)16-8-17(26-21-16)14-6-7-14)12-20(18)9-15(11-25-20)13-4-2-1-3-5-13/h1-5,8,14-15,18,23H,6-7,9-12H2/t15-,18-,20-/m1/s1. The summed E-state index contributed by atoms with van der Waals surface area (Å²) >= 11 is 0. The summed E-state index contributed by atoms with van der Waals surface area (Å²) in [6, 6.07) is 12.0. The lowest BCUT2D eigenvalue weighted by Gasteiger charge is -2.25. The molecule has 26 heavy (non-hydrogen) atoms. The molecule has 136 valence electrons. The summed E-state index contributed by atoms with van der Waals surface area (Å²) in [5.41, 5.74) is 0.861. The van der Waals surface area contributed by atoms with Crippen molar-refractivity contribution in [3.63, 3.8) is 0 Å². The zero-order valence-corrected chi connectivity index (χ0v) is 14.5. The first kappa shape index (κ1) is 16.0. The highest BCUT2D eigenvalue weighted by molar-refractivity contribution is 5.92. The van der Waals surface area contributed by atoms with Crippen LogP contribution < -0.4 is 0 Å². The quantitative estimate of drug-likeness (QED) is 0.915. The number of likely N-dealkylation sites (tertiary alicyclic amines) is 1. The van der Waals surface area contributed by atoms with Crippen LogP contribution in [-0.2, 0) is 4.74 Å². The number of aliphatic hydroxyl groups is 1. The molecule has 1 saturated carbocycles. The van der Waals surface area contributed by atoms with Crippen LogP contribution in [-0.4, -0.2) is 52.5 Å². The van der Waals surface area contributed by atoms with Gasteiger partial charge in [-0.25, -0.2) is 0 Å². The van der Waals surface area contributed by atoms with E-state index in [0.717, 1.165) is 18.6 Å². The van der Waals surface area contributed by atoms with E-state index in [-0.39, 0.29) is 18.4 Å². The molecule has 3 atom stereocenters. The third kappa shape index (κ3) is 2.64. The highest BCUT2D eigenvalue weighted by Gasteiger charge is 2.53. The number of carbonyl (C=O) groups is 1. The third-order valence-electron chi connectivity index (χ3n) is 5.91. The maximum atomic E-state index is 12.8. The molecule has 1 spiro atoms. The Morgan fingerprint density at radius 2 is 2.04 bits per heavy atom. The monoisotopic (exact) mass is 354 g/mol. The Balaban J connectivity index is 1.31. The Labute approximate surface area is 151 Å². The molecule has 1 aliphatic carbocycles. The van der Waals surface area contributed by atoms with E-state index in [9.17, 15) is 9.90 Å². The lowest BCUT2D eigenvalue weighted by molar-refractivity contribution is -0.0591. The van der Waals surface area contributed by atoms with E-state index in [0.29, 0.717) is 31.2 Å². The van der Waals surface area contributed by atoms with Crippen LogP contribution in [0.5, 0.6) is 0 Å². The molecule has 6 nitrogen and oxygen atoms in total. The fourth-order valence-corrected chi connectivity index (χ4v) is 4.22. The molecular weight excluding hydrogens is 332 g/mol. The van der Waals surface area contributed by atoms with Crippen molar-refractivity contribution in [2.45, 2.75) is 42.8 Å². The zero-order valence-electron chi connectivity index (χ0n) is 14.5. The van der Waals surface area contributed by atoms with Gasteiger partial charge in [0.2, 0.25) is 0 Å². The van der Waals surface area contributed by atoms with E-state index < -0.39 is 11.7 Å². The number of rotatable bonds is 3. The highest BCUT2D eigenvalue weighted by atomic mass is 16.5. The number of ether oxygens (including phenoxy) is 1. The number of hydrogen-bond acceptors (Lipinski definition) is 5. The minimum absolute atomic E-state index is 0.191. The van der Waals surface area contributed by atoms with Gasteiger partial charge in [0.25, 0.3) is 5.91 Å². The van der Waals surface area contributed by atoms with Crippen molar-refractivity contribution in [1.29, 1.82) is 0 Å². The van der Waals surface area contributed by atoms with Gasteiger partial charge in [0, 0.05) is 24.4 Å². The van der Waals surface area contributed by atoms with Crippen LogP contribution in [0.1, 0.15) is 52.9 Å². The van der Waals surface area contributed by atoms with Crippen molar-refractivity contribution < 1.29 is 19.2 Å². The maximum absolute atomic E-state index is 12.8. The number of nitrogens with zero attached hydrogens (tertiary/aromatic N) is 2. The molecule has 5 rings (SSSR count). The molecule has 2 aromatic rings. The Morgan fingerprint density at radius 3 is 2.81 bits per heavy atom. The van der Waals surface area contributed by atoms with Gasteiger partial charge in [0.15, 0.2) is 5.69 Å². The van der Waals surface area contributed by atoms with E-state index in [1.807, 2.05) is 18.2 Å². The molecule has 3 heterocycles. The summed E-state index contributed by atoms with van der Waals surface area (Å²) in [6.45, 7) is 1.23. The fraction of sp³-hybridized carbons (Fsp3) is 0.500. The normalized spacial score (nSPS) is 31.0. The summed E-state index contributed by atoms with van der Waals surface area (Å²) in [5.74, 6) is 1.27. The molecule has 1 aromatic heterocycles. The van der Waals surface area contributed by atoms with Crippen LogP contribution in [0.25, 0.3) is 0 Å². The molecule has 1 N–H and O–H groups in total. The number of aliphatic hydroxyl groups excluding tert-OH is 1. The van der Waals surface area contributed by atoms with Gasteiger partial charge in [-0.3, -0.25) is 4.79 Å². The molecule has 1 aromatic carbocycles. The average Bonchev–Trinajstić information content (AvgIpc) is 3.12. The molecule has 3 fully saturated rings. The van der Waals surface area contributed by atoms with Crippen LogP contribution in [0.2, 0.25) is 0 Å². The van der Waals surface area contributed by atoms with Gasteiger partial charge < -0.3 is 19.3 Å². The van der Waals surface area contributed by atoms with Gasteiger partial charge in [0.05, 0.1) is 13.2 Å². The Bertz CT molecular complexity index is 816. The van der Waals surface area contributed by atoms with Crippen LogP contribution in [0, 0.1) is 0 Å². The predicted octanol–water partition coefficient (Wildman–Crippen LogP) is 2.31. The van der Waals surface area contributed by atoms with Crippen molar-refractivity contribution in [1.82, 2.24) is 10.1 Å². The van der Waals surface area contributed by atoms with Gasteiger partial charge in [-0.05, 0) is 24.8 Å². The van der Waals surface area contributed by atoms with E-state index in [4.69, 9.17) is 9.26 Å². The van der Waals surface area contributed by atoms with Crippen molar-refractivity contribution in [3.05, 3.63) is 53.4 Å². The molecule has 2 saturated heterocycles. The summed E-state index contributed by atoms with van der Waals surface area (Å²) in [7, 11) is 0. The molecule has 0 bridgehead atoms. The Hall–Kier alpha value is -2.18. The SMILES string of the molecule is O=C(c1cc(C2CC2)on1)N1C[C@@H](O)[C@@]2(C[C@@H](c3ccccc3)CO2)C1. The first-order valence-electron chi connectivity index (χ1n) is 9.27. The molecule has 6 heteroatoms. The van der Waals surface area contributed by atoms with Crippen molar-refractivity contribution in [2.75, 3.05) is 19.7 Å². The number of amides is 1. The second kappa shape index (κ2) is 5.93. The lowest BCUT2D eigenvalue weighted by atomic mass is 9.87. The maximum Gasteiger partial charge on any atom is 0.276 e. The second-order valence-electron chi connectivity index (χ2n) is 7.78. The topological polar surface area (TPSA) is 75.8 Å². The molecule has 2 aliphatic heterocycles. The fourth-order valence-electron chi connectivity index (χ4n) is 4.22. The second-order valence-corrected chi connectivity index (χ2v) is 7.78. The van der Waals surface area contributed by atoms with Crippen molar-refractivity contribution >= 4 is 5.91 Å². The summed E-state index contributed by atoms with van der Waals surface area (Å²) in [6.07, 6.45) is 2.23. The predicted molar refractivity (Wildman–Crippen MR) is 92.9 cm³/mol. The number of hydrogen-bond donors (Lipinski definition) is 1. The highest BCUT2D eigenvalue weighted by Crippen LogP contribution is 2.43. The van der Waals surface area contributed by atoms with Crippen LogP contribution >= 0.6 is 0 Å². The molecule has 3 aliphatic rings. The molecular formula is C20H22N2O4. The third-order valence-corrected chi connectivity index (χ3v) is 5.91. The van der Waals surface area contributed by atoms with Crippen LogP contribution in [0.15, 0.2) is 40.9 Å². The lowest BCUT2D eigenvalue weighted by Crippen LogP contribution is -2.41. The van der Waals surface area contributed by atoms with E-state index in [1.54, 1.807) is 11.0 Å². The van der Waals surface area contributed by atoms with E-state index in [2.05, 4.69) is 17.3 Å². The van der Waals surface area contributed by atoms with Gasteiger partial charge in [-0.15, -0.1) is 0 Å². The van der Waals surface area contributed by atoms with Crippen molar-refractivity contribution in [3.8, 4) is 0 Å². The van der Waals surface area contributed by atoms with Crippen molar-refractivity contribution in [2.24, 2.45) is 0 Å². The average molecular weight is 354 g/mol. The van der Waals surface area contributed by atoms with Crippen LogP contribution in [0.4, 0.5) is 0 Å². The minimum atomic E-state index is -0.685. The Kier molecular flexibility index (Phi) is 3.65. The molecule has 0 radical (unpaired) electrons. The zero-order chi connectivity index (χ0) is 17.7. The summed E-state index contributed by atoms with van der Waals surface area (Å²) in [5, 5.41) is 14.6. The van der Waals surface area contributed by atoms with Gasteiger partial charge >= 0.3 is 0 Å². The largest absolute Gasteiger partial charge is 0.388 e. The first-order valence-corrected chi connectivity index (χ1v) is 9.27. The van der Waals surface area contributed by atoms with E-state index >= 15 is 0 Å². The van der Waals surface area contributed by atoms with E-state index in [1.165, 1.54) is 5.56 Å². The number of benzene rings is 1. The molecule has 1 amide bonds. The minimum Gasteiger partial charge on any atom is -0.388 e.